The van der Waals surface area contributed by atoms with E-state index in [0.717, 1.165) is 23.9 Å². The zero-order valence-electron chi connectivity index (χ0n) is 17.3. The number of hydrogen-bond donors (Lipinski definition) is 0. The third kappa shape index (κ3) is 5.00. The van der Waals surface area contributed by atoms with Crippen molar-refractivity contribution in [2.24, 2.45) is 0 Å². The SMILES string of the molecule is COc1cc2c(Oc3cccc(F)c3)ccnc2cc1OCCCN1CCCCC1. The molecule has 1 aliphatic heterocycles. The number of piperidine rings is 1. The van der Waals surface area contributed by atoms with Crippen molar-refractivity contribution in [3.8, 4) is 23.0 Å². The maximum absolute atomic E-state index is 13.5. The standard InChI is InChI=1S/C24H27FN2O3/c1-28-23-16-20-21(17-24(23)29-14-6-13-27-11-3-2-4-12-27)26-10-9-22(20)30-19-8-5-7-18(25)15-19/h5,7-10,15-17H,2-4,6,11-14H2,1H3. The Morgan fingerprint density at radius 2 is 1.87 bits per heavy atom. The molecule has 2 heterocycles. The molecule has 2 aromatic carbocycles. The monoisotopic (exact) mass is 410 g/mol. The van der Waals surface area contributed by atoms with Crippen molar-refractivity contribution in [3.63, 3.8) is 0 Å². The van der Waals surface area contributed by atoms with Gasteiger partial charge in [0.1, 0.15) is 17.3 Å². The van der Waals surface area contributed by atoms with E-state index in [0.29, 0.717) is 29.6 Å². The quantitative estimate of drug-likeness (QED) is 0.463. The molecule has 0 amide bonds. The van der Waals surface area contributed by atoms with Gasteiger partial charge in [0.25, 0.3) is 0 Å². The molecule has 6 heteroatoms. The fourth-order valence-corrected chi connectivity index (χ4v) is 3.80. The number of hydrogen-bond acceptors (Lipinski definition) is 5. The van der Waals surface area contributed by atoms with E-state index >= 15 is 0 Å². The highest BCUT2D eigenvalue weighted by Crippen LogP contribution is 2.37. The molecular formula is C24H27FN2O3. The normalized spacial score (nSPS) is 14.6. The second kappa shape index (κ2) is 9.76. The molecule has 0 radical (unpaired) electrons. The van der Waals surface area contributed by atoms with Gasteiger partial charge in [0.15, 0.2) is 11.5 Å². The van der Waals surface area contributed by atoms with Crippen LogP contribution in [0.2, 0.25) is 0 Å². The van der Waals surface area contributed by atoms with E-state index in [9.17, 15) is 4.39 Å². The number of ether oxygens (including phenoxy) is 3. The molecule has 0 unspecified atom stereocenters. The molecule has 5 nitrogen and oxygen atoms in total. The van der Waals surface area contributed by atoms with E-state index in [4.69, 9.17) is 14.2 Å². The van der Waals surface area contributed by atoms with Crippen LogP contribution in [0.4, 0.5) is 4.39 Å². The first-order chi connectivity index (χ1) is 14.7. The summed E-state index contributed by atoms with van der Waals surface area (Å²) in [6.07, 6.45) is 6.58. The minimum Gasteiger partial charge on any atom is -0.493 e. The predicted octanol–water partition coefficient (Wildman–Crippen LogP) is 5.43. The lowest BCUT2D eigenvalue weighted by molar-refractivity contribution is 0.203. The Morgan fingerprint density at radius 1 is 1.00 bits per heavy atom. The molecule has 158 valence electrons. The van der Waals surface area contributed by atoms with Crippen LogP contribution >= 0.6 is 0 Å². The molecule has 0 atom stereocenters. The zero-order valence-corrected chi connectivity index (χ0v) is 17.3. The summed E-state index contributed by atoms with van der Waals surface area (Å²) in [6, 6.07) is 11.5. The van der Waals surface area contributed by atoms with Gasteiger partial charge in [-0.25, -0.2) is 4.39 Å². The van der Waals surface area contributed by atoms with Crippen molar-refractivity contribution in [2.45, 2.75) is 25.7 Å². The molecule has 0 aliphatic carbocycles. The lowest BCUT2D eigenvalue weighted by Gasteiger charge is -2.26. The highest BCUT2D eigenvalue weighted by atomic mass is 19.1. The topological polar surface area (TPSA) is 43.8 Å². The van der Waals surface area contributed by atoms with Gasteiger partial charge in [-0.15, -0.1) is 0 Å². The van der Waals surface area contributed by atoms with Crippen LogP contribution in [-0.2, 0) is 0 Å². The summed E-state index contributed by atoms with van der Waals surface area (Å²) >= 11 is 0. The predicted molar refractivity (Wildman–Crippen MR) is 115 cm³/mol. The Balaban J connectivity index is 1.48. The van der Waals surface area contributed by atoms with Crippen LogP contribution in [0.3, 0.4) is 0 Å². The van der Waals surface area contributed by atoms with Crippen molar-refractivity contribution < 1.29 is 18.6 Å². The average molecular weight is 410 g/mol. The first kappa shape index (κ1) is 20.4. The lowest BCUT2D eigenvalue weighted by Crippen LogP contribution is -2.31. The molecule has 1 fully saturated rings. The molecule has 3 aromatic rings. The first-order valence-corrected chi connectivity index (χ1v) is 10.5. The molecule has 0 spiro atoms. The number of benzene rings is 2. The van der Waals surface area contributed by atoms with Gasteiger partial charge in [-0.1, -0.05) is 12.5 Å². The van der Waals surface area contributed by atoms with Crippen LogP contribution in [0.5, 0.6) is 23.0 Å². The Bertz CT molecular complexity index is 989. The van der Waals surface area contributed by atoms with Gasteiger partial charge in [0.05, 0.1) is 19.2 Å². The number of pyridine rings is 1. The number of fused-ring (bicyclic) bond motifs is 1. The highest BCUT2D eigenvalue weighted by molar-refractivity contribution is 5.88. The van der Waals surface area contributed by atoms with Crippen molar-refractivity contribution in [3.05, 3.63) is 54.5 Å². The van der Waals surface area contributed by atoms with Crippen LogP contribution in [-0.4, -0.2) is 43.2 Å². The van der Waals surface area contributed by atoms with E-state index < -0.39 is 0 Å². The average Bonchev–Trinajstić information content (AvgIpc) is 2.77. The molecule has 0 N–H and O–H groups in total. The molecule has 30 heavy (non-hydrogen) atoms. The van der Waals surface area contributed by atoms with Crippen LogP contribution in [0.15, 0.2) is 48.7 Å². The van der Waals surface area contributed by atoms with E-state index in [1.165, 1.54) is 44.5 Å². The fourth-order valence-electron chi connectivity index (χ4n) is 3.80. The number of likely N-dealkylation sites (tertiary alicyclic amines) is 1. The van der Waals surface area contributed by atoms with Crippen molar-refractivity contribution in [1.82, 2.24) is 9.88 Å². The largest absolute Gasteiger partial charge is 0.493 e. The van der Waals surface area contributed by atoms with Crippen molar-refractivity contribution >= 4 is 10.9 Å². The van der Waals surface area contributed by atoms with Gasteiger partial charge in [-0.3, -0.25) is 4.98 Å². The molecule has 1 aliphatic rings. The number of rotatable bonds is 8. The lowest BCUT2D eigenvalue weighted by atomic mass is 10.1. The minimum absolute atomic E-state index is 0.344. The minimum atomic E-state index is -0.344. The molecular weight excluding hydrogens is 383 g/mol. The third-order valence-corrected chi connectivity index (χ3v) is 5.34. The summed E-state index contributed by atoms with van der Waals surface area (Å²) < 4.78 is 31.0. The molecule has 4 rings (SSSR count). The van der Waals surface area contributed by atoms with Gasteiger partial charge >= 0.3 is 0 Å². The van der Waals surface area contributed by atoms with Crippen LogP contribution in [0.25, 0.3) is 10.9 Å². The van der Waals surface area contributed by atoms with Crippen LogP contribution in [0, 0.1) is 5.82 Å². The van der Waals surface area contributed by atoms with Crippen molar-refractivity contribution in [2.75, 3.05) is 33.4 Å². The number of aromatic nitrogens is 1. The van der Waals surface area contributed by atoms with Gasteiger partial charge in [0, 0.05) is 30.3 Å². The first-order valence-electron chi connectivity index (χ1n) is 10.5. The number of methoxy groups -OCH3 is 1. The van der Waals surface area contributed by atoms with E-state index in [1.54, 1.807) is 31.5 Å². The maximum atomic E-state index is 13.5. The summed E-state index contributed by atoms with van der Waals surface area (Å²) in [4.78, 5) is 6.94. The maximum Gasteiger partial charge on any atom is 0.163 e. The summed E-state index contributed by atoms with van der Waals surface area (Å²) in [6.45, 7) is 4.06. The fraction of sp³-hybridized carbons (Fsp3) is 0.375. The van der Waals surface area contributed by atoms with Gasteiger partial charge < -0.3 is 19.1 Å². The molecule has 0 saturated carbocycles. The molecule has 1 aromatic heterocycles. The Kier molecular flexibility index (Phi) is 6.64. The summed E-state index contributed by atoms with van der Waals surface area (Å²) in [5, 5.41) is 0.777. The smallest absolute Gasteiger partial charge is 0.163 e. The van der Waals surface area contributed by atoms with Gasteiger partial charge in [0.2, 0.25) is 0 Å². The molecule has 1 saturated heterocycles. The van der Waals surface area contributed by atoms with Crippen molar-refractivity contribution in [1.29, 1.82) is 0 Å². The second-order valence-electron chi connectivity index (χ2n) is 7.49. The van der Waals surface area contributed by atoms with Gasteiger partial charge in [-0.05, 0) is 56.6 Å². The van der Waals surface area contributed by atoms with Crippen LogP contribution in [0.1, 0.15) is 25.7 Å². The Morgan fingerprint density at radius 3 is 2.67 bits per heavy atom. The zero-order chi connectivity index (χ0) is 20.8. The molecule has 0 bridgehead atoms. The summed E-state index contributed by atoms with van der Waals surface area (Å²) in [5.74, 6) is 1.96. The third-order valence-electron chi connectivity index (χ3n) is 5.34. The van der Waals surface area contributed by atoms with E-state index in [-0.39, 0.29) is 5.82 Å². The van der Waals surface area contributed by atoms with Crippen LogP contribution < -0.4 is 14.2 Å². The second-order valence-corrected chi connectivity index (χ2v) is 7.49. The number of nitrogens with zero attached hydrogens (tertiary/aromatic N) is 2. The summed E-state index contributed by atoms with van der Waals surface area (Å²) in [5.41, 5.74) is 0.732. The van der Waals surface area contributed by atoms with E-state index in [2.05, 4.69) is 9.88 Å². The van der Waals surface area contributed by atoms with Gasteiger partial charge in [-0.2, -0.15) is 0 Å². The summed E-state index contributed by atoms with van der Waals surface area (Å²) in [7, 11) is 1.62. The number of halogens is 1. The Hall–Kier alpha value is -2.86. The highest BCUT2D eigenvalue weighted by Gasteiger charge is 2.13. The van der Waals surface area contributed by atoms with E-state index in [1.807, 2.05) is 12.1 Å². The Labute approximate surface area is 176 Å².